The van der Waals surface area contributed by atoms with Crippen LogP contribution in [0.5, 0.6) is 0 Å². The van der Waals surface area contributed by atoms with Crippen LogP contribution in [0.3, 0.4) is 0 Å². The molecule has 1 N–H and O–H groups in total. The van der Waals surface area contributed by atoms with Crippen LogP contribution in [-0.4, -0.2) is 39.9 Å². The normalized spacial score (nSPS) is 19.4. The predicted octanol–water partition coefficient (Wildman–Crippen LogP) is 2.43. The Balaban J connectivity index is 2.04. The Bertz CT molecular complexity index is 405. The molecule has 0 radical (unpaired) electrons. The highest BCUT2D eigenvalue weighted by Gasteiger charge is 2.21. The monoisotopic (exact) mass is 278 g/mol. The molecule has 0 saturated carbocycles. The van der Waals surface area contributed by atoms with Crippen molar-refractivity contribution in [1.29, 1.82) is 0 Å². The van der Waals surface area contributed by atoms with Crippen molar-refractivity contribution in [3.8, 4) is 0 Å². The summed E-state index contributed by atoms with van der Waals surface area (Å²) in [5.74, 6) is 0. The maximum atomic E-state index is 4.67. The number of aryl methyl sites for hydroxylation is 2. The molecule has 1 saturated heterocycles. The third-order valence-corrected chi connectivity index (χ3v) is 4.29. The van der Waals surface area contributed by atoms with Crippen LogP contribution in [0.25, 0.3) is 0 Å². The first-order valence-corrected chi connectivity index (χ1v) is 8.17. The summed E-state index contributed by atoms with van der Waals surface area (Å²) in [5.41, 5.74) is 2.57. The summed E-state index contributed by atoms with van der Waals surface area (Å²) in [6.07, 6.45) is 3.66. The van der Waals surface area contributed by atoms with Gasteiger partial charge in [0.15, 0.2) is 0 Å². The first-order valence-electron chi connectivity index (χ1n) is 8.17. The van der Waals surface area contributed by atoms with Crippen molar-refractivity contribution < 1.29 is 0 Å². The lowest BCUT2D eigenvalue weighted by atomic mass is 10.2. The number of nitrogens with zero attached hydrogens (tertiary/aromatic N) is 3. The third kappa shape index (κ3) is 3.83. The molecule has 20 heavy (non-hydrogen) atoms. The Kier molecular flexibility index (Phi) is 5.61. The molecule has 0 spiro atoms. The standard InChI is InChI=1S/C16H30N4/c1-5-14-10-16(20(6-2)18-14)12-19(13(3)4)11-15-8-7-9-17-15/h10,13,15,17H,5-9,11-12H2,1-4H3. The molecule has 2 heterocycles. The molecule has 0 aromatic carbocycles. The van der Waals surface area contributed by atoms with Crippen molar-refractivity contribution in [2.24, 2.45) is 0 Å². The van der Waals surface area contributed by atoms with Crippen molar-refractivity contribution in [3.63, 3.8) is 0 Å². The van der Waals surface area contributed by atoms with E-state index in [-0.39, 0.29) is 0 Å². The fraction of sp³-hybridized carbons (Fsp3) is 0.812. The van der Waals surface area contributed by atoms with Gasteiger partial charge in [-0.15, -0.1) is 0 Å². The van der Waals surface area contributed by atoms with Crippen molar-refractivity contribution in [1.82, 2.24) is 20.0 Å². The molecule has 1 unspecified atom stereocenters. The maximum absolute atomic E-state index is 4.67. The molecular weight excluding hydrogens is 248 g/mol. The van der Waals surface area contributed by atoms with Gasteiger partial charge in [-0.3, -0.25) is 9.58 Å². The van der Waals surface area contributed by atoms with E-state index in [0.717, 1.165) is 26.1 Å². The zero-order chi connectivity index (χ0) is 14.5. The predicted molar refractivity (Wildman–Crippen MR) is 83.8 cm³/mol. The second-order valence-corrected chi connectivity index (χ2v) is 6.11. The number of nitrogens with one attached hydrogen (secondary N) is 1. The van der Waals surface area contributed by atoms with Gasteiger partial charge in [0.25, 0.3) is 0 Å². The summed E-state index contributed by atoms with van der Waals surface area (Å²) < 4.78 is 2.16. The highest BCUT2D eigenvalue weighted by Crippen LogP contribution is 2.14. The molecule has 0 aliphatic carbocycles. The van der Waals surface area contributed by atoms with E-state index in [1.165, 1.54) is 30.8 Å². The minimum atomic E-state index is 0.572. The van der Waals surface area contributed by atoms with E-state index in [2.05, 4.69) is 53.8 Å². The van der Waals surface area contributed by atoms with Crippen molar-refractivity contribution in [2.45, 2.75) is 72.1 Å². The fourth-order valence-corrected chi connectivity index (χ4v) is 2.95. The number of hydrogen-bond donors (Lipinski definition) is 1. The maximum Gasteiger partial charge on any atom is 0.0625 e. The molecule has 1 aliphatic heterocycles. The largest absolute Gasteiger partial charge is 0.313 e. The fourth-order valence-electron chi connectivity index (χ4n) is 2.95. The highest BCUT2D eigenvalue weighted by atomic mass is 15.3. The lowest BCUT2D eigenvalue weighted by Gasteiger charge is -2.29. The highest BCUT2D eigenvalue weighted by molar-refractivity contribution is 5.10. The third-order valence-electron chi connectivity index (χ3n) is 4.29. The van der Waals surface area contributed by atoms with Gasteiger partial charge in [-0.2, -0.15) is 5.10 Å². The molecule has 1 atom stereocenters. The molecule has 0 bridgehead atoms. The summed E-state index contributed by atoms with van der Waals surface area (Å²) in [5, 5.41) is 8.27. The number of hydrogen-bond acceptors (Lipinski definition) is 3. The molecule has 114 valence electrons. The zero-order valence-corrected chi connectivity index (χ0v) is 13.5. The van der Waals surface area contributed by atoms with E-state index in [9.17, 15) is 0 Å². The summed E-state index contributed by atoms with van der Waals surface area (Å²) in [6.45, 7) is 13.2. The van der Waals surface area contributed by atoms with E-state index in [4.69, 9.17) is 0 Å². The second-order valence-electron chi connectivity index (χ2n) is 6.11. The summed E-state index contributed by atoms with van der Waals surface area (Å²) >= 11 is 0. The minimum Gasteiger partial charge on any atom is -0.313 e. The minimum absolute atomic E-state index is 0.572. The lowest BCUT2D eigenvalue weighted by Crippen LogP contribution is -2.41. The molecule has 2 rings (SSSR count). The van der Waals surface area contributed by atoms with Crippen molar-refractivity contribution in [2.75, 3.05) is 13.1 Å². The number of rotatable bonds is 7. The van der Waals surface area contributed by atoms with E-state index >= 15 is 0 Å². The van der Waals surface area contributed by atoms with Gasteiger partial charge in [-0.05, 0) is 52.6 Å². The van der Waals surface area contributed by atoms with Crippen LogP contribution in [0.4, 0.5) is 0 Å². The second kappa shape index (κ2) is 7.23. The lowest BCUT2D eigenvalue weighted by molar-refractivity contribution is 0.188. The molecular formula is C16H30N4. The van der Waals surface area contributed by atoms with Crippen LogP contribution >= 0.6 is 0 Å². The van der Waals surface area contributed by atoms with Crippen molar-refractivity contribution in [3.05, 3.63) is 17.5 Å². The zero-order valence-electron chi connectivity index (χ0n) is 13.5. The molecule has 4 heteroatoms. The van der Waals surface area contributed by atoms with Gasteiger partial charge in [0, 0.05) is 31.7 Å². The van der Waals surface area contributed by atoms with E-state index in [1.54, 1.807) is 0 Å². The van der Waals surface area contributed by atoms with Gasteiger partial charge in [-0.1, -0.05) is 6.92 Å². The molecule has 1 aliphatic rings. The molecule has 4 nitrogen and oxygen atoms in total. The van der Waals surface area contributed by atoms with Gasteiger partial charge >= 0.3 is 0 Å². The number of aromatic nitrogens is 2. The van der Waals surface area contributed by atoms with Crippen molar-refractivity contribution >= 4 is 0 Å². The van der Waals surface area contributed by atoms with Gasteiger partial charge in [-0.25, -0.2) is 0 Å². The van der Waals surface area contributed by atoms with Gasteiger partial charge in [0.05, 0.1) is 11.4 Å². The first kappa shape index (κ1) is 15.5. The molecule has 0 amide bonds. The Morgan fingerprint density at radius 3 is 2.80 bits per heavy atom. The van der Waals surface area contributed by atoms with Crippen LogP contribution in [0.15, 0.2) is 6.07 Å². The van der Waals surface area contributed by atoms with Crippen LogP contribution in [-0.2, 0) is 19.5 Å². The summed E-state index contributed by atoms with van der Waals surface area (Å²) in [6, 6.07) is 3.52. The topological polar surface area (TPSA) is 33.1 Å². The van der Waals surface area contributed by atoms with Crippen LogP contribution < -0.4 is 5.32 Å². The van der Waals surface area contributed by atoms with E-state index in [1.807, 2.05) is 0 Å². The molecule has 1 fully saturated rings. The quantitative estimate of drug-likeness (QED) is 0.831. The molecule has 1 aromatic heterocycles. The van der Waals surface area contributed by atoms with Crippen LogP contribution in [0.1, 0.15) is 51.9 Å². The van der Waals surface area contributed by atoms with E-state index < -0.39 is 0 Å². The Morgan fingerprint density at radius 2 is 2.25 bits per heavy atom. The smallest absolute Gasteiger partial charge is 0.0625 e. The Hall–Kier alpha value is -0.870. The van der Waals surface area contributed by atoms with Gasteiger partial charge in [0.1, 0.15) is 0 Å². The average Bonchev–Trinajstić information content (AvgIpc) is 3.06. The SMILES string of the molecule is CCc1cc(CN(CC2CCCN2)C(C)C)n(CC)n1. The first-order chi connectivity index (χ1) is 9.63. The Labute approximate surface area is 123 Å². The van der Waals surface area contributed by atoms with Crippen LogP contribution in [0, 0.1) is 0 Å². The summed E-state index contributed by atoms with van der Waals surface area (Å²) in [7, 11) is 0. The summed E-state index contributed by atoms with van der Waals surface area (Å²) in [4.78, 5) is 2.58. The van der Waals surface area contributed by atoms with E-state index in [0.29, 0.717) is 12.1 Å². The van der Waals surface area contributed by atoms with Crippen LogP contribution in [0.2, 0.25) is 0 Å². The molecule has 1 aromatic rings. The Morgan fingerprint density at radius 1 is 1.45 bits per heavy atom. The van der Waals surface area contributed by atoms with Gasteiger partial charge < -0.3 is 5.32 Å². The van der Waals surface area contributed by atoms with Gasteiger partial charge in [0.2, 0.25) is 0 Å². The average molecular weight is 278 g/mol.